The van der Waals surface area contributed by atoms with Crippen LogP contribution in [0.2, 0.25) is 0 Å². The lowest BCUT2D eigenvalue weighted by Gasteiger charge is -2.10. The number of hydrogen-bond donors (Lipinski definition) is 2. The van der Waals surface area contributed by atoms with E-state index in [0.717, 1.165) is 11.6 Å². The first-order valence-electron chi connectivity index (χ1n) is 6.44. The van der Waals surface area contributed by atoms with E-state index in [1.165, 1.54) is 6.20 Å². The van der Waals surface area contributed by atoms with Gasteiger partial charge in [-0.05, 0) is 6.92 Å². The SMILES string of the molecule is CCNc1cncc(C(=O)NCC(C)c2nccs2)n1. The van der Waals surface area contributed by atoms with Crippen LogP contribution >= 0.6 is 11.3 Å². The van der Waals surface area contributed by atoms with Crippen LogP contribution < -0.4 is 10.6 Å². The van der Waals surface area contributed by atoms with Gasteiger partial charge in [-0.2, -0.15) is 0 Å². The van der Waals surface area contributed by atoms with Crippen LogP contribution in [0.1, 0.15) is 35.3 Å². The summed E-state index contributed by atoms with van der Waals surface area (Å²) in [6, 6.07) is 0. The van der Waals surface area contributed by atoms with Gasteiger partial charge in [0.05, 0.1) is 17.4 Å². The minimum absolute atomic E-state index is 0.184. The maximum absolute atomic E-state index is 12.0. The van der Waals surface area contributed by atoms with Crippen LogP contribution in [0.5, 0.6) is 0 Å². The van der Waals surface area contributed by atoms with Crippen LogP contribution in [-0.2, 0) is 0 Å². The molecule has 7 heteroatoms. The molecule has 2 aromatic rings. The minimum Gasteiger partial charge on any atom is -0.369 e. The quantitative estimate of drug-likeness (QED) is 0.849. The molecule has 0 aliphatic rings. The predicted octanol–water partition coefficient (Wildman–Crippen LogP) is 1.90. The van der Waals surface area contributed by atoms with E-state index in [4.69, 9.17) is 0 Å². The third-order valence-electron chi connectivity index (χ3n) is 2.67. The van der Waals surface area contributed by atoms with E-state index in [1.807, 2.05) is 19.2 Å². The van der Waals surface area contributed by atoms with E-state index in [1.54, 1.807) is 23.7 Å². The molecular formula is C13H17N5OS. The Kier molecular flexibility index (Phi) is 5.00. The van der Waals surface area contributed by atoms with Gasteiger partial charge in [0.25, 0.3) is 5.91 Å². The molecule has 106 valence electrons. The second-order valence-corrected chi connectivity index (χ2v) is 5.23. The van der Waals surface area contributed by atoms with Crippen LogP contribution in [0, 0.1) is 0 Å². The standard InChI is InChI=1S/C13H17N5OS/c1-3-15-11-8-14-7-10(18-11)12(19)17-6-9(2)13-16-4-5-20-13/h4-5,7-9H,3,6H2,1-2H3,(H,15,18)(H,17,19). The number of aromatic nitrogens is 3. The van der Waals surface area contributed by atoms with Crippen LogP contribution in [0.15, 0.2) is 24.0 Å². The van der Waals surface area contributed by atoms with Gasteiger partial charge in [0.2, 0.25) is 0 Å². The molecule has 0 saturated carbocycles. The van der Waals surface area contributed by atoms with Crippen molar-refractivity contribution in [1.29, 1.82) is 0 Å². The molecule has 0 radical (unpaired) electrons. The van der Waals surface area contributed by atoms with Gasteiger partial charge in [-0.1, -0.05) is 6.92 Å². The average molecular weight is 291 g/mol. The minimum atomic E-state index is -0.222. The fourth-order valence-electron chi connectivity index (χ4n) is 1.64. The van der Waals surface area contributed by atoms with Gasteiger partial charge in [0, 0.05) is 30.6 Å². The summed E-state index contributed by atoms with van der Waals surface area (Å²) in [6.45, 7) is 5.25. The average Bonchev–Trinajstić information content (AvgIpc) is 2.99. The summed E-state index contributed by atoms with van der Waals surface area (Å²) in [5, 5.41) is 8.82. The van der Waals surface area contributed by atoms with E-state index in [-0.39, 0.29) is 11.8 Å². The molecule has 1 unspecified atom stereocenters. The van der Waals surface area contributed by atoms with E-state index in [9.17, 15) is 4.79 Å². The topological polar surface area (TPSA) is 79.8 Å². The van der Waals surface area contributed by atoms with E-state index < -0.39 is 0 Å². The Bertz CT molecular complexity index is 558. The number of hydrogen-bond acceptors (Lipinski definition) is 6. The summed E-state index contributed by atoms with van der Waals surface area (Å²) in [5.41, 5.74) is 0.315. The molecule has 6 nitrogen and oxygen atoms in total. The largest absolute Gasteiger partial charge is 0.369 e. The van der Waals surface area contributed by atoms with Crippen molar-refractivity contribution >= 4 is 23.1 Å². The van der Waals surface area contributed by atoms with Gasteiger partial charge in [0.1, 0.15) is 11.5 Å². The zero-order valence-electron chi connectivity index (χ0n) is 11.5. The Morgan fingerprint density at radius 3 is 3.00 bits per heavy atom. The fraction of sp³-hybridized carbons (Fsp3) is 0.385. The number of thiazole rings is 1. The molecule has 1 amide bonds. The summed E-state index contributed by atoms with van der Waals surface area (Å²) < 4.78 is 0. The second-order valence-electron chi connectivity index (χ2n) is 4.30. The van der Waals surface area contributed by atoms with Crippen molar-refractivity contribution in [3.05, 3.63) is 34.7 Å². The van der Waals surface area contributed by atoms with Gasteiger partial charge in [0.15, 0.2) is 0 Å². The first-order valence-corrected chi connectivity index (χ1v) is 7.32. The number of amides is 1. The molecule has 0 saturated heterocycles. The molecule has 2 heterocycles. The number of carbonyl (C=O) groups excluding carboxylic acids is 1. The molecule has 2 rings (SSSR count). The summed E-state index contributed by atoms with van der Waals surface area (Å²) >= 11 is 1.59. The lowest BCUT2D eigenvalue weighted by atomic mass is 10.2. The Morgan fingerprint density at radius 1 is 1.45 bits per heavy atom. The molecular weight excluding hydrogens is 274 g/mol. The first-order chi connectivity index (χ1) is 9.70. The van der Waals surface area contributed by atoms with Crippen molar-refractivity contribution < 1.29 is 4.79 Å². The van der Waals surface area contributed by atoms with E-state index in [2.05, 4.69) is 25.6 Å². The Balaban J connectivity index is 1.93. The molecule has 0 aromatic carbocycles. The first kappa shape index (κ1) is 14.4. The Labute approximate surface area is 121 Å². The number of nitrogens with one attached hydrogen (secondary N) is 2. The predicted molar refractivity (Wildman–Crippen MR) is 79.1 cm³/mol. The Hall–Kier alpha value is -2.02. The van der Waals surface area contributed by atoms with Crippen molar-refractivity contribution in [3.63, 3.8) is 0 Å². The molecule has 2 aromatic heterocycles. The molecule has 0 fully saturated rings. The highest BCUT2D eigenvalue weighted by Crippen LogP contribution is 2.16. The Morgan fingerprint density at radius 2 is 2.30 bits per heavy atom. The summed E-state index contributed by atoms with van der Waals surface area (Å²) in [7, 11) is 0. The zero-order valence-corrected chi connectivity index (χ0v) is 12.3. The van der Waals surface area contributed by atoms with Crippen molar-refractivity contribution in [2.24, 2.45) is 0 Å². The second kappa shape index (κ2) is 6.95. The third-order valence-corrected chi connectivity index (χ3v) is 3.67. The summed E-state index contributed by atoms with van der Waals surface area (Å²) in [5.74, 6) is 0.567. The van der Waals surface area contributed by atoms with Crippen molar-refractivity contribution in [3.8, 4) is 0 Å². The fourth-order valence-corrected chi connectivity index (χ4v) is 2.34. The number of carbonyl (C=O) groups is 1. The van der Waals surface area contributed by atoms with Gasteiger partial charge in [-0.3, -0.25) is 9.78 Å². The van der Waals surface area contributed by atoms with Crippen LogP contribution in [0.25, 0.3) is 0 Å². The van der Waals surface area contributed by atoms with Crippen molar-refractivity contribution in [1.82, 2.24) is 20.3 Å². The van der Waals surface area contributed by atoms with Crippen LogP contribution in [-0.4, -0.2) is 33.9 Å². The van der Waals surface area contributed by atoms with Crippen molar-refractivity contribution in [2.45, 2.75) is 19.8 Å². The number of rotatable bonds is 6. The zero-order chi connectivity index (χ0) is 14.4. The highest BCUT2D eigenvalue weighted by Gasteiger charge is 2.12. The maximum Gasteiger partial charge on any atom is 0.271 e. The highest BCUT2D eigenvalue weighted by molar-refractivity contribution is 7.09. The van der Waals surface area contributed by atoms with Crippen molar-refractivity contribution in [2.75, 3.05) is 18.4 Å². The molecule has 0 spiro atoms. The third kappa shape index (κ3) is 3.74. The number of nitrogens with zero attached hydrogens (tertiary/aromatic N) is 3. The smallest absolute Gasteiger partial charge is 0.271 e. The summed E-state index contributed by atoms with van der Waals surface area (Å²) in [4.78, 5) is 24.5. The van der Waals surface area contributed by atoms with Crippen LogP contribution in [0.4, 0.5) is 5.82 Å². The molecule has 0 bridgehead atoms. The van der Waals surface area contributed by atoms with Gasteiger partial charge in [-0.25, -0.2) is 9.97 Å². The maximum atomic E-state index is 12.0. The normalized spacial score (nSPS) is 11.9. The monoisotopic (exact) mass is 291 g/mol. The summed E-state index contributed by atoms with van der Waals surface area (Å²) in [6.07, 6.45) is 4.83. The lowest BCUT2D eigenvalue weighted by Crippen LogP contribution is -2.28. The molecule has 20 heavy (non-hydrogen) atoms. The molecule has 0 aliphatic heterocycles. The van der Waals surface area contributed by atoms with E-state index in [0.29, 0.717) is 18.1 Å². The van der Waals surface area contributed by atoms with Gasteiger partial charge in [-0.15, -0.1) is 11.3 Å². The molecule has 1 atom stereocenters. The van der Waals surface area contributed by atoms with Crippen LogP contribution in [0.3, 0.4) is 0 Å². The highest BCUT2D eigenvalue weighted by atomic mass is 32.1. The van der Waals surface area contributed by atoms with E-state index >= 15 is 0 Å². The number of anilines is 1. The van der Waals surface area contributed by atoms with Gasteiger partial charge < -0.3 is 10.6 Å². The molecule has 2 N–H and O–H groups in total. The van der Waals surface area contributed by atoms with Gasteiger partial charge >= 0.3 is 0 Å². The lowest BCUT2D eigenvalue weighted by molar-refractivity contribution is 0.0946. The molecule has 0 aliphatic carbocycles.